The van der Waals surface area contributed by atoms with Crippen molar-refractivity contribution in [2.45, 2.75) is 20.3 Å². The zero-order chi connectivity index (χ0) is 17.1. The Labute approximate surface area is 148 Å². The van der Waals surface area contributed by atoms with Crippen LogP contribution in [-0.2, 0) is 16.0 Å². The number of carbonyl (C=O) groups excluding carboxylic acids is 1. The van der Waals surface area contributed by atoms with Crippen molar-refractivity contribution in [3.05, 3.63) is 46.2 Å². The van der Waals surface area contributed by atoms with E-state index < -0.39 is 0 Å². The molecule has 0 aliphatic rings. The van der Waals surface area contributed by atoms with Gasteiger partial charge >= 0.3 is 5.97 Å². The largest absolute Gasteiger partial charge is 0.466 e. The Morgan fingerprint density at radius 3 is 2.79 bits per heavy atom. The number of thiophene rings is 1. The normalized spacial score (nSPS) is 10.8. The van der Waals surface area contributed by atoms with E-state index in [1.807, 2.05) is 25.1 Å². The van der Waals surface area contributed by atoms with Gasteiger partial charge in [0.05, 0.1) is 33.5 Å². The highest BCUT2D eigenvalue weighted by Crippen LogP contribution is 2.36. The summed E-state index contributed by atoms with van der Waals surface area (Å²) < 4.78 is 11.6. The number of hydrogen-bond acceptors (Lipinski definition) is 6. The Morgan fingerprint density at radius 1 is 1.33 bits per heavy atom. The van der Waals surface area contributed by atoms with Crippen molar-refractivity contribution in [3.63, 3.8) is 0 Å². The number of esters is 1. The predicted molar refractivity (Wildman–Crippen MR) is 93.1 cm³/mol. The van der Waals surface area contributed by atoms with Gasteiger partial charge in [0, 0.05) is 11.9 Å². The van der Waals surface area contributed by atoms with Crippen LogP contribution in [0.3, 0.4) is 0 Å². The second kappa shape index (κ2) is 7.15. The lowest BCUT2D eigenvalue weighted by atomic mass is 10.2. The molecule has 0 saturated carbocycles. The summed E-state index contributed by atoms with van der Waals surface area (Å²) in [5.74, 6) is 0.611. The van der Waals surface area contributed by atoms with E-state index in [1.54, 1.807) is 19.2 Å². The van der Waals surface area contributed by atoms with Crippen LogP contribution in [0.25, 0.3) is 22.1 Å². The first-order chi connectivity index (χ1) is 11.6. The molecule has 0 saturated heterocycles. The summed E-state index contributed by atoms with van der Waals surface area (Å²) in [6.45, 7) is 4.00. The summed E-state index contributed by atoms with van der Waals surface area (Å²) in [7, 11) is 0. The fourth-order valence-electron chi connectivity index (χ4n) is 2.17. The molecule has 0 amide bonds. The molecule has 3 rings (SSSR count). The van der Waals surface area contributed by atoms with Crippen molar-refractivity contribution in [1.82, 2.24) is 9.97 Å². The summed E-state index contributed by atoms with van der Waals surface area (Å²) in [6, 6.07) is 7.39. The summed E-state index contributed by atoms with van der Waals surface area (Å²) in [5.41, 5.74) is 2.18. The molecule has 0 spiro atoms. The topological polar surface area (TPSA) is 65.2 Å². The third-order valence-corrected chi connectivity index (χ3v) is 4.50. The maximum absolute atomic E-state index is 11.9. The highest BCUT2D eigenvalue weighted by Gasteiger charge is 2.20. The van der Waals surface area contributed by atoms with Crippen molar-refractivity contribution < 1.29 is 13.9 Å². The molecule has 0 unspecified atom stereocenters. The molecule has 0 fully saturated rings. The van der Waals surface area contributed by atoms with Crippen LogP contribution in [0.4, 0.5) is 0 Å². The standard InChI is InChI=1S/C17H15ClN2O3S/c1-3-22-15(21)8-12-16(13-6-7-14(18)24-13)23-17(20-12)11-5-4-10(2)19-9-11/h4-7,9H,3,8H2,1-2H3. The number of nitrogens with zero attached hydrogens (tertiary/aromatic N) is 2. The minimum atomic E-state index is -0.344. The number of rotatable bonds is 5. The lowest BCUT2D eigenvalue weighted by Crippen LogP contribution is -2.08. The van der Waals surface area contributed by atoms with E-state index in [2.05, 4.69) is 9.97 Å². The molecule has 7 heteroatoms. The number of oxazole rings is 1. The predicted octanol–water partition coefficient (Wildman–Crippen LogP) is 4.53. The average molecular weight is 363 g/mol. The fraction of sp³-hybridized carbons (Fsp3) is 0.235. The Morgan fingerprint density at radius 2 is 2.17 bits per heavy atom. The number of hydrogen-bond donors (Lipinski definition) is 0. The van der Waals surface area contributed by atoms with E-state index in [1.165, 1.54) is 11.3 Å². The first-order valence-corrected chi connectivity index (χ1v) is 8.60. The summed E-state index contributed by atoms with van der Waals surface area (Å²) in [4.78, 5) is 21.4. The smallest absolute Gasteiger partial charge is 0.312 e. The van der Waals surface area contributed by atoms with Gasteiger partial charge in [-0.1, -0.05) is 11.6 Å². The maximum Gasteiger partial charge on any atom is 0.312 e. The third-order valence-electron chi connectivity index (χ3n) is 3.27. The van der Waals surface area contributed by atoms with Gasteiger partial charge in [-0.15, -0.1) is 11.3 Å². The van der Waals surface area contributed by atoms with E-state index >= 15 is 0 Å². The van der Waals surface area contributed by atoms with Gasteiger partial charge in [-0.3, -0.25) is 9.78 Å². The molecule has 0 bridgehead atoms. The minimum Gasteiger partial charge on any atom is -0.466 e. The first-order valence-electron chi connectivity index (χ1n) is 7.41. The number of aryl methyl sites for hydroxylation is 1. The van der Waals surface area contributed by atoms with E-state index in [4.69, 9.17) is 20.8 Å². The number of ether oxygens (including phenoxy) is 1. The van der Waals surface area contributed by atoms with Crippen molar-refractivity contribution >= 4 is 28.9 Å². The highest BCUT2D eigenvalue weighted by atomic mass is 35.5. The van der Waals surface area contributed by atoms with Crippen molar-refractivity contribution in [3.8, 4) is 22.1 Å². The second-order valence-corrected chi connectivity index (χ2v) is 6.78. The quantitative estimate of drug-likeness (QED) is 0.624. The number of halogens is 1. The highest BCUT2D eigenvalue weighted by molar-refractivity contribution is 7.19. The Balaban J connectivity index is 2.01. The molecule has 0 aliphatic heterocycles. The molecule has 3 aromatic heterocycles. The van der Waals surface area contributed by atoms with Gasteiger partial charge in [0.2, 0.25) is 5.89 Å². The molecule has 0 N–H and O–H groups in total. The zero-order valence-corrected chi connectivity index (χ0v) is 14.8. The first kappa shape index (κ1) is 16.7. The van der Waals surface area contributed by atoms with Crippen LogP contribution < -0.4 is 0 Å². The van der Waals surface area contributed by atoms with E-state index in [0.717, 1.165) is 16.1 Å². The SMILES string of the molecule is CCOC(=O)Cc1nc(-c2ccc(C)nc2)oc1-c1ccc(Cl)s1. The third kappa shape index (κ3) is 3.66. The Bertz CT molecular complexity index is 855. The molecule has 5 nitrogen and oxygen atoms in total. The van der Waals surface area contributed by atoms with Crippen LogP contribution in [0.1, 0.15) is 18.3 Å². The molecular formula is C17H15ClN2O3S. The minimum absolute atomic E-state index is 0.0431. The van der Waals surface area contributed by atoms with Gasteiger partial charge in [0.15, 0.2) is 5.76 Å². The van der Waals surface area contributed by atoms with Crippen molar-refractivity contribution in [2.24, 2.45) is 0 Å². The van der Waals surface area contributed by atoms with Crippen LogP contribution in [0.2, 0.25) is 4.34 Å². The molecule has 0 atom stereocenters. The van der Waals surface area contributed by atoms with Gasteiger partial charge in [0.1, 0.15) is 0 Å². The molecule has 0 radical (unpaired) electrons. The van der Waals surface area contributed by atoms with E-state index in [-0.39, 0.29) is 12.4 Å². The lowest BCUT2D eigenvalue weighted by molar-refractivity contribution is -0.142. The Kier molecular flexibility index (Phi) is 4.97. The molecule has 124 valence electrons. The number of aromatic nitrogens is 2. The van der Waals surface area contributed by atoms with Crippen LogP contribution in [0.5, 0.6) is 0 Å². The van der Waals surface area contributed by atoms with Crippen LogP contribution >= 0.6 is 22.9 Å². The van der Waals surface area contributed by atoms with E-state index in [9.17, 15) is 4.79 Å². The monoisotopic (exact) mass is 362 g/mol. The summed E-state index contributed by atoms with van der Waals surface area (Å²) >= 11 is 7.38. The number of pyridine rings is 1. The summed E-state index contributed by atoms with van der Waals surface area (Å²) in [5, 5.41) is 0. The van der Waals surface area contributed by atoms with Crippen LogP contribution in [-0.4, -0.2) is 22.5 Å². The molecule has 0 aliphatic carbocycles. The van der Waals surface area contributed by atoms with Gasteiger partial charge in [-0.2, -0.15) is 0 Å². The Hall–Kier alpha value is -2.18. The van der Waals surface area contributed by atoms with Crippen LogP contribution in [0.15, 0.2) is 34.9 Å². The molecule has 0 aromatic carbocycles. The average Bonchev–Trinajstić information content (AvgIpc) is 3.14. The molecule has 3 heterocycles. The lowest BCUT2D eigenvalue weighted by Gasteiger charge is -2.00. The van der Waals surface area contributed by atoms with Crippen molar-refractivity contribution in [1.29, 1.82) is 0 Å². The maximum atomic E-state index is 11.9. The van der Waals surface area contributed by atoms with Gasteiger partial charge in [-0.25, -0.2) is 4.98 Å². The van der Waals surface area contributed by atoms with Gasteiger partial charge < -0.3 is 9.15 Å². The zero-order valence-electron chi connectivity index (χ0n) is 13.2. The van der Waals surface area contributed by atoms with Gasteiger partial charge in [-0.05, 0) is 38.1 Å². The van der Waals surface area contributed by atoms with Gasteiger partial charge in [0.25, 0.3) is 0 Å². The summed E-state index contributed by atoms with van der Waals surface area (Å²) in [6.07, 6.45) is 1.74. The fourth-order valence-corrected chi connectivity index (χ4v) is 3.21. The molecule has 3 aromatic rings. The second-order valence-electron chi connectivity index (χ2n) is 5.07. The van der Waals surface area contributed by atoms with Crippen molar-refractivity contribution in [2.75, 3.05) is 6.61 Å². The molecular weight excluding hydrogens is 348 g/mol. The van der Waals surface area contributed by atoms with E-state index in [0.29, 0.717) is 28.3 Å². The number of carbonyl (C=O) groups is 1. The van der Waals surface area contributed by atoms with Crippen LogP contribution in [0, 0.1) is 6.92 Å². The molecule has 24 heavy (non-hydrogen) atoms.